The number of phenolic OH excluding ortho intramolecular Hbond substituents is 1. The van der Waals surface area contributed by atoms with Gasteiger partial charge in [-0.05, 0) is 42.5 Å². The molecule has 0 aliphatic carbocycles. The first-order valence-electron chi connectivity index (χ1n) is 12.7. The number of carbonyl (C=O) groups excluding carboxylic acids is 1. The molecule has 11 heteroatoms. The largest absolute Gasteiger partial charge is 0.504 e. The average molecular weight is 563 g/mol. The Morgan fingerprint density at radius 3 is 2.38 bits per heavy atom. The molecule has 0 radical (unpaired) electrons. The Hall–Kier alpha value is -4.35. The molecule has 1 aromatic heterocycles. The summed E-state index contributed by atoms with van der Waals surface area (Å²) in [6.45, 7) is 2.83. The molecular weight excluding hydrogens is 532 g/mol. The van der Waals surface area contributed by atoms with E-state index in [0.717, 1.165) is 10.9 Å². The van der Waals surface area contributed by atoms with Crippen LogP contribution in [0.5, 0.6) is 17.2 Å². The number of phenols is 1. The van der Waals surface area contributed by atoms with Crippen LogP contribution in [0.3, 0.4) is 0 Å². The molecule has 0 atom stereocenters. The molecule has 0 unspecified atom stereocenters. The van der Waals surface area contributed by atoms with Gasteiger partial charge in [0.05, 0.1) is 19.7 Å². The number of fused-ring (bicyclic) bond motifs is 1. The van der Waals surface area contributed by atoms with E-state index in [1.807, 2.05) is 12.1 Å². The highest BCUT2D eigenvalue weighted by Crippen LogP contribution is 2.39. The number of aromatic nitrogens is 1. The van der Waals surface area contributed by atoms with Gasteiger partial charge in [-0.25, -0.2) is 8.42 Å². The number of carbonyl (C=O) groups is 1. The zero-order chi connectivity index (χ0) is 28.3. The van der Waals surface area contributed by atoms with Crippen LogP contribution in [0.4, 0.5) is 5.69 Å². The zero-order valence-corrected chi connectivity index (χ0v) is 23.0. The standard InChI is InChI=1S/C29H30N4O6S/c1-38-24-13-10-22(27(34)28(24)39-2)19-32-15-17-33(18-16-32)29(35)21-8-11-23(12-9-21)31-40(36,37)25-7-3-5-20-6-4-14-30-26(20)25/h3-14,31,34H,15-19H2,1-2H3. The van der Waals surface area contributed by atoms with Crippen molar-refractivity contribution in [2.24, 2.45) is 0 Å². The molecule has 2 heterocycles. The quantitative estimate of drug-likeness (QED) is 0.333. The van der Waals surface area contributed by atoms with E-state index < -0.39 is 10.0 Å². The minimum Gasteiger partial charge on any atom is -0.504 e. The molecule has 1 aliphatic rings. The van der Waals surface area contributed by atoms with E-state index in [-0.39, 0.29) is 16.6 Å². The van der Waals surface area contributed by atoms with Crippen LogP contribution in [0.2, 0.25) is 0 Å². The molecule has 1 fully saturated rings. The zero-order valence-electron chi connectivity index (χ0n) is 22.2. The number of pyridine rings is 1. The van der Waals surface area contributed by atoms with Crippen LogP contribution < -0.4 is 14.2 Å². The first kappa shape index (κ1) is 27.2. The summed E-state index contributed by atoms with van der Waals surface area (Å²) in [4.78, 5) is 21.4. The van der Waals surface area contributed by atoms with Crippen LogP contribution in [0.25, 0.3) is 10.9 Å². The van der Waals surface area contributed by atoms with Gasteiger partial charge in [-0.15, -0.1) is 0 Å². The first-order valence-corrected chi connectivity index (χ1v) is 14.2. The van der Waals surface area contributed by atoms with E-state index in [2.05, 4.69) is 14.6 Å². The van der Waals surface area contributed by atoms with Crippen molar-refractivity contribution in [3.8, 4) is 17.2 Å². The Morgan fingerprint density at radius 1 is 0.950 bits per heavy atom. The van der Waals surface area contributed by atoms with Gasteiger partial charge in [-0.2, -0.15) is 0 Å². The number of rotatable bonds is 8. The summed E-state index contributed by atoms with van der Waals surface area (Å²) in [7, 11) is -0.884. The fourth-order valence-electron chi connectivity index (χ4n) is 4.80. The van der Waals surface area contributed by atoms with Crippen LogP contribution >= 0.6 is 0 Å². The van der Waals surface area contributed by atoms with Crippen LogP contribution in [0.1, 0.15) is 15.9 Å². The number of hydrogen-bond donors (Lipinski definition) is 2. The molecule has 10 nitrogen and oxygen atoms in total. The fraction of sp³-hybridized carbons (Fsp3) is 0.241. The molecule has 1 saturated heterocycles. The Morgan fingerprint density at radius 2 is 1.68 bits per heavy atom. The number of piperazine rings is 1. The third-order valence-corrected chi connectivity index (χ3v) is 8.34. The second-order valence-corrected chi connectivity index (χ2v) is 11.0. The van der Waals surface area contributed by atoms with Crippen molar-refractivity contribution in [3.05, 3.63) is 84.1 Å². The maximum atomic E-state index is 13.1. The summed E-state index contributed by atoms with van der Waals surface area (Å²) in [5, 5.41) is 11.3. The van der Waals surface area contributed by atoms with Gasteiger partial charge in [0.15, 0.2) is 11.5 Å². The van der Waals surface area contributed by atoms with Crippen LogP contribution in [0, 0.1) is 0 Å². The number of nitrogens with zero attached hydrogens (tertiary/aromatic N) is 3. The van der Waals surface area contributed by atoms with Crippen molar-refractivity contribution in [2.45, 2.75) is 11.4 Å². The smallest absolute Gasteiger partial charge is 0.264 e. The fourth-order valence-corrected chi connectivity index (χ4v) is 6.03. The summed E-state index contributed by atoms with van der Waals surface area (Å²) in [6, 6.07) is 18.5. The maximum absolute atomic E-state index is 13.1. The Kier molecular flexibility index (Phi) is 7.76. The Bertz CT molecular complexity index is 1630. The Balaban J connectivity index is 1.20. The highest BCUT2D eigenvalue weighted by molar-refractivity contribution is 7.93. The summed E-state index contributed by atoms with van der Waals surface area (Å²) in [6.07, 6.45) is 1.56. The number of methoxy groups -OCH3 is 2. The molecular formula is C29H30N4O6S. The normalized spacial score (nSPS) is 14.2. The van der Waals surface area contributed by atoms with Crippen LogP contribution in [-0.4, -0.2) is 74.6 Å². The number of ether oxygens (including phenoxy) is 2. The number of para-hydroxylation sites is 1. The number of hydrogen-bond acceptors (Lipinski definition) is 8. The predicted octanol–water partition coefficient (Wildman–Crippen LogP) is 3.72. The summed E-state index contributed by atoms with van der Waals surface area (Å²) >= 11 is 0. The van der Waals surface area contributed by atoms with Crippen molar-refractivity contribution in [3.63, 3.8) is 0 Å². The third kappa shape index (κ3) is 5.51. The minimum absolute atomic E-state index is 0.0489. The number of anilines is 1. The number of amides is 1. The van der Waals surface area contributed by atoms with E-state index in [1.165, 1.54) is 20.3 Å². The van der Waals surface area contributed by atoms with Crippen molar-refractivity contribution < 1.29 is 27.8 Å². The SMILES string of the molecule is COc1ccc(CN2CCN(C(=O)c3ccc(NS(=O)(=O)c4cccc5cccnc45)cc3)CC2)c(O)c1OC. The van der Waals surface area contributed by atoms with E-state index in [0.29, 0.717) is 61.0 Å². The highest BCUT2D eigenvalue weighted by Gasteiger charge is 2.24. The highest BCUT2D eigenvalue weighted by atomic mass is 32.2. The number of sulfonamides is 1. The summed E-state index contributed by atoms with van der Waals surface area (Å²) < 4.78 is 39.2. The van der Waals surface area contributed by atoms with Gasteiger partial charge in [-0.1, -0.05) is 24.3 Å². The lowest BCUT2D eigenvalue weighted by molar-refractivity contribution is 0.0627. The molecule has 0 spiro atoms. The van der Waals surface area contributed by atoms with Gasteiger partial charge in [0.25, 0.3) is 15.9 Å². The molecule has 1 amide bonds. The summed E-state index contributed by atoms with van der Waals surface area (Å²) in [5.74, 6) is 0.686. The second kappa shape index (κ2) is 11.4. The lowest BCUT2D eigenvalue weighted by Crippen LogP contribution is -2.48. The molecule has 4 aromatic rings. The van der Waals surface area contributed by atoms with Gasteiger partial charge in [0, 0.05) is 61.1 Å². The minimum atomic E-state index is -3.88. The van der Waals surface area contributed by atoms with E-state index in [4.69, 9.17) is 9.47 Å². The lowest BCUT2D eigenvalue weighted by Gasteiger charge is -2.35. The van der Waals surface area contributed by atoms with Gasteiger partial charge < -0.3 is 19.5 Å². The molecule has 0 saturated carbocycles. The topological polar surface area (TPSA) is 121 Å². The monoisotopic (exact) mass is 562 g/mol. The van der Waals surface area contributed by atoms with Crippen molar-refractivity contribution >= 4 is 32.5 Å². The molecule has 40 heavy (non-hydrogen) atoms. The van der Waals surface area contributed by atoms with E-state index in [9.17, 15) is 18.3 Å². The molecule has 5 rings (SSSR count). The first-order chi connectivity index (χ1) is 19.3. The van der Waals surface area contributed by atoms with Crippen molar-refractivity contribution in [2.75, 3.05) is 45.1 Å². The number of aromatic hydroxyl groups is 1. The van der Waals surface area contributed by atoms with Gasteiger partial charge in [0.2, 0.25) is 5.75 Å². The van der Waals surface area contributed by atoms with Gasteiger partial charge in [-0.3, -0.25) is 19.4 Å². The summed E-state index contributed by atoms with van der Waals surface area (Å²) in [5.41, 5.74) is 1.93. The Labute approximate surface area is 232 Å². The van der Waals surface area contributed by atoms with Gasteiger partial charge >= 0.3 is 0 Å². The van der Waals surface area contributed by atoms with Crippen molar-refractivity contribution in [1.82, 2.24) is 14.8 Å². The molecule has 0 bridgehead atoms. The van der Waals surface area contributed by atoms with Crippen LogP contribution in [-0.2, 0) is 16.6 Å². The predicted molar refractivity (Wildman–Crippen MR) is 151 cm³/mol. The van der Waals surface area contributed by atoms with Gasteiger partial charge in [0.1, 0.15) is 4.90 Å². The molecule has 208 valence electrons. The lowest BCUT2D eigenvalue weighted by atomic mass is 10.1. The molecule has 1 aliphatic heterocycles. The van der Waals surface area contributed by atoms with E-state index >= 15 is 0 Å². The molecule has 2 N–H and O–H groups in total. The van der Waals surface area contributed by atoms with Crippen molar-refractivity contribution in [1.29, 1.82) is 0 Å². The van der Waals surface area contributed by atoms with E-state index in [1.54, 1.807) is 59.6 Å². The number of benzene rings is 3. The maximum Gasteiger partial charge on any atom is 0.264 e. The van der Waals surface area contributed by atoms with Crippen LogP contribution in [0.15, 0.2) is 77.8 Å². The number of nitrogens with one attached hydrogen (secondary N) is 1. The molecule has 3 aromatic carbocycles. The second-order valence-electron chi connectivity index (χ2n) is 9.39. The third-order valence-electron chi connectivity index (χ3n) is 6.93. The average Bonchev–Trinajstić information content (AvgIpc) is 2.98.